The molecule has 0 bridgehead atoms. The van der Waals surface area contributed by atoms with E-state index in [-0.39, 0.29) is 15.6 Å². The summed E-state index contributed by atoms with van der Waals surface area (Å²) in [6, 6.07) is 2.53. The second-order valence-electron chi connectivity index (χ2n) is 5.19. The van der Waals surface area contributed by atoms with Gasteiger partial charge in [0, 0.05) is 10.5 Å². The average Bonchev–Trinajstić information content (AvgIpc) is 2.10. The highest BCUT2D eigenvalue weighted by Gasteiger charge is 2.02. The molecule has 0 saturated carbocycles. The molecule has 0 heterocycles. The predicted molar refractivity (Wildman–Crippen MR) is 89.0 cm³/mol. The van der Waals surface area contributed by atoms with E-state index in [9.17, 15) is 4.39 Å². The fourth-order valence-electron chi connectivity index (χ4n) is 0.685. The van der Waals surface area contributed by atoms with Crippen molar-refractivity contribution in [2.45, 2.75) is 46.3 Å². The first-order chi connectivity index (χ1) is 8.34. The molecule has 0 aliphatic carbocycles. The summed E-state index contributed by atoms with van der Waals surface area (Å²) in [6.45, 7) is 11.4. The Morgan fingerprint density at radius 2 is 1.53 bits per heavy atom. The van der Waals surface area contributed by atoms with Crippen LogP contribution in [-0.4, -0.2) is 10.5 Å². The molecule has 0 spiro atoms. The lowest BCUT2D eigenvalue weighted by Crippen LogP contribution is -1.99. The van der Waals surface area contributed by atoms with E-state index in [2.05, 4.69) is 33.4 Å². The Bertz CT molecular complexity index is 381. The summed E-state index contributed by atoms with van der Waals surface area (Å²) in [4.78, 5) is 0. The fourth-order valence-corrected chi connectivity index (χ4v) is 1.05. The molecule has 19 heavy (non-hydrogen) atoms. The van der Waals surface area contributed by atoms with Gasteiger partial charge in [-0.1, -0.05) is 44.0 Å². The Balaban J connectivity index is 0. The standard InChI is InChI=1S/C7H5Cl2F.C4H10S.C3H7N/c1-4-2-5(10)3-6(8)7(4)9;1-4(2,3)5;1-3(2)4/h2-3H,1H3;5H,1-3H3;4H,1-2H3. The lowest BCUT2D eigenvalue weighted by atomic mass is 10.2. The van der Waals surface area contributed by atoms with Gasteiger partial charge < -0.3 is 5.41 Å². The Hall–Kier alpha value is -0.250. The van der Waals surface area contributed by atoms with Crippen molar-refractivity contribution >= 4 is 41.5 Å². The average molecular weight is 326 g/mol. The molecule has 5 heteroatoms. The Kier molecular flexibility index (Phi) is 10.7. The summed E-state index contributed by atoms with van der Waals surface area (Å²) in [5.41, 5.74) is 1.33. The van der Waals surface area contributed by atoms with Crippen LogP contribution >= 0.6 is 35.8 Å². The fraction of sp³-hybridized carbons (Fsp3) is 0.500. The highest BCUT2D eigenvalue weighted by molar-refractivity contribution is 7.81. The van der Waals surface area contributed by atoms with Crippen molar-refractivity contribution in [3.8, 4) is 0 Å². The molecule has 0 atom stereocenters. The molecule has 0 unspecified atom stereocenters. The van der Waals surface area contributed by atoms with E-state index in [0.717, 1.165) is 0 Å². The molecule has 110 valence electrons. The number of halogens is 3. The molecule has 0 radical (unpaired) electrons. The summed E-state index contributed by atoms with van der Waals surface area (Å²) in [6.07, 6.45) is 0. The van der Waals surface area contributed by atoms with Gasteiger partial charge in [-0.3, -0.25) is 0 Å². The Morgan fingerprint density at radius 1 is 1.21 bits per heavy atom. The van der Waals surface area contributed by atoms with Crippen LogP contribution in [0.3, 0.4) is 0 Å². The highest BCUT2D eigenvalue weighted by atomic mass is 35.5. The monoisotopic (exact) mass is 325 g/mol. The number of hydrogen-bond donors (Lipinski definition) is 2. The zero-order valence-electron chi connectivity index (χ0n) is 12.2. The van der Waals surface area contributed by atoms with Gasteiger partial charge in [0.1, 0.15) is 5.82 Å². The normalized spacial score (nSPS) is 9.79. The topological polar surface area (TPSA) is 23.9 Å². The number of benzene rings is 1. The number of rotatable bonds is 0. The van der Waals surface area contributed by atoms with Gasteiger partial charge in [0.2, 0.25) is 0 Å². The summed E-state index contributed by atoms with van der Waals surface area (Å²) in [7, 11) is 0. The van der Waals surface area contributed by atoms with Crippen molar-refractivity contribution in [3.05, 3.63) is 33.6 Å². The maximum Gasteiger partial charge on any atom is 0.125 e. The van der Waals surface area contributed by atoms with Crippen molar-refractivity contribution in [2.24, 2.45) is 0 Å². The van der Waals surface area contributed by atoms with Crippen molar-refractivity contribution in [3.63, 3.8) is 0 Å². The van der Waals surface area contributed by atoms with Crippen LogP contribution in [0, 0.1) is 18.2 Å². The quantitative estimate of drug-likeness (QED) is 0.322. The smallest absolute Gasteiger partial charge is 0.125 e. The molecule has 1 nitrogen and oxygen atoms in total. The minimum absolute atomic E-state index is 0.194. The summed E-state index contributed by atoms with van der Waals surface area (Å²) >= 11 is 15.3. The molecular formula is C14H22Cl2FNS. The first kappa shape index (κ1) is 21.1. The van der Waals surface area contributed by atoms with Gasteiger partial charge >= 0.3 is 0 Å². The molecule has 1 aromatic carbocycles. The van der Waals surface area contributed by atoms with E-state index in [1.54, 1.807) is 20.8 Å². The number of nitrogens with one attached hydrogen (secondary N) is 1. The number of hydrogen-bond acceptors (Lipinski definition) is 2. The van der Waals surface area contributed by atoms with E-state index in [4.69, 9.17) is 28.6 Å². The van der Waals surface area contributed by atoms with Crippen LogP contribution in [0.1, 0.15) is 40.2 Å². The highest BCUT2D eigenvalue weighted by Crippen LogP contribution is 2.25. The predicted octanol–water partition coefficient (Wildman–Crippen LogP) is 6.20. The van der Waals surface area contributed by atoms with Crippen LogP contribution in [0.15, 0.2) is 12.1 Å². The van der Waals surface area contributed by atoms with E-state index < -0.39 is 0 Å². The van der Waals surface area contributed by atoms with Crippen molar-refractivity contribution in [1.82, 2.24) is 0 Å². The molecule has 0 amide bonds. The molecule has 0 saturated heterocycles. The summed E-state index contributed by atoms with van der Waals surface area (Å²) in [5, 5.41) is 7.18. The SMILES string of the molecule is CC(C)(C)S.CC(C)=N.Cc1cc(F)cc(Cl)c1Cl. The molecule has 0 aliphatic heterocycles. The maximum absolute atomic E-state index is 12.5. The first-order valence-corrected chi connectivity index (χ1v) is 6.90. The van der Waals surface area contributed by atoms with Gasteiger partial charge in [0.05, 0.1) is 10.0 Å². The van der Waals surface area contributed by atoms with Gasteiger partial charge in [0.25, 0.3) is 0 Å². The summed E-state index contributed by atoms with van der Waals surface area (Å²) < 4.78 is 12.7. The Labute approximate surface area is 131 Å². The van der Waals surface area contributed by atoms with Gasteiger partial charge in [-0.2, -0.15) is 12.6 Å². The Morgan fingerprint density at radius 3 is 1.79 bits per heavy atom. The van der Waals surface area contributed by atoms with Gasteiger partial charge in [0.15, 0.2) is 0 Å². The van der Waals surface area contributed by atoms with E-state index in [0.29, 0.717) is 16.3 Å². The van der Waals surface area contributed by atoms with E-state index in [1.165, 1.54) is 12.1 Å². The third kappa shape index (κ3) is 17.8. The minimum Gasteiger partial charge on any atom is -0.310 e. The van der Waals surface area contributed by atoms with Crippen LogP contribution < -0.4 is 0 Å². The molecule has 0 fully saturated rings. The number of aryl methyl sites for hydroxylation is 1. The van der Waals surface area contributed by atoms with Gasteiger partial charge in [-0.25, -0.2) is 4.39 Å². The van der Waals surface area contributed by atoms with E-state index >= 15 is 0 Å². The molecule has 1 N–H and O–H groups in total. The second-order valence-corrected chi connectivity index (χ2v) is 7.32. The summed E-state index contributed by atoms with van der Waals surface area (Å²) in [5.74, 6) is -0.355. The molecular weight excluding hydrogens is 304 g/mol. The van der Waals surface area contributed by atoms with Crippen LogP contribution in [0.2, 0.25) is 10.0 Å². The minimum atomic E-state index is -0.355. The number of thiol groups is 1. The van der Waals surface area contributed by atoms with Gasteiger partial charge in [-0.05, 0) is 38.5 Å². The van der Waals surface area contributed by atoms with Crippen molar-refractivity contribution < 1.29 is 4.39 Å². The van der Waals surface area contributed by atoms with Gasteiger partial charge in [-0.15, -0.1) is 0 Å². The van der Waals surface area contributed by atoms with Crippen LogP contribution in [0.4, 0.5) is 4.39 Å². The maximum atomic E-state index is 12.5. The van der Waals surface area contributed by atoms with Crippen LogP contribution in [-0.2, 0) is 0 Å². The lowest BCUT2D eigenvalue weighted by molar-refractivity contribution is 0.627. The molecule has 1 aromatic rings. The third-order valence-corrected chi connectivity index (χ3v) is 2.07. The zero-order valence-corrected chi connectivity index (χ0v) is 14.6. The largest absolute Gasteiger partial charge is 0.310 e. The van der Waals surface area contributed by atoms with Crippen LogP contribution in [0.5, 0.6) is 0 Å². The molecule has 1 rings (SSSR count). The zero-order chi connectivity index (χ0) is 15.8. The second kappa shape index (κ2) is 9.62. The first-order valence-electron chi connectivity index (χ1n) is 5.70. The lowest BCUT2D eigenvalue weighted by Gasteiger charge is -2.04. The van der Waals surface area contributed by atoms with Crippen molar-refractivity contribution in [1.29, 1.82) is 5.41 Å². The third-order valence-electron chi connectivity index (χ3n) is 1.17. The van der Waals surface area contributed by atoms with Crippen molar-refractivity contribution in [2.75, 3.05) is 0 Å². The molecule has 0 aromatic heterocycles. The van der Waals surface area contributed by atoms with E-state index in [1.807, 2.05) is 0 Å². The van der Waals surface area contributed by atoms with Crippen LogP contribution in [0.25, 0.3) is 0 Å². The molecule has 0 aliphatic rings.